The Morgan fingerprint density at radius 1 is 1.41 bits per heavy atom. The van der Waals surface area contributed by atoms with E-state index < -0.39 is 0 Å². The number of ether oxygens (including phenoxy) is 1. The first kappa shape index (κ1) is 16.2. The lowest BCUT2D eigenvalue weighted by atomic mass is 9.97. The Balaban J connectivity index is 2.17. The molecule has 0 saturated carbocycles. The summed E-state index contributed by atoms with van der Waals surface area (Å²) in [5.41, 5.74) is 5.69. The molecule has 2 rings (SSSR count). The first-order chi connectivity index (χ1) is 10.5. The summed E-state index contributed by atoms with van der Waals surface area (Å²) >= 11 is 1.39. The zero-order valence-electron chi connectivity index (χ0n) is 13.2. The van der Waals surface area contributed by atoms with Crippen molar-refractivity contribution in [1.82, 2.24) is 5.43 Å². The lowest BCUT2D eigenvalue weighted by Gasteiger charge is -2.14. The van der Waals surface area contributed by atoms with Gasteiger partial charge in [0.1, 0.15) is 5.75 Å². The Labute approximate surface area is 134 Å². The van der Waals surface area contributed by atoms with E-state index in [0.29, 0.717) is 10.8 Å². The van der Waals surface area contributed by atoms with Crippen LogP contribution in [0.5, 0.6) is 5.75 Å². The van der Waals surface area contributed by atoms with Gasteiger partial charge >= 0.3 is 0 Å². The number of benzene rings is 1. The molecule has 1 aromatic heterocycles. The second-order valence-electron chi connectivity index (χ2n) is 5.28. The minimum atomic E-state index is -0.193. The minimum Gasteiger partial charge on any atom is -0.496 e. The van der Waals surface area contributed by atoms with Crippen LogP contribution in [-0.4, -0.2) is 19.2 Å². The second-order valence-corrected chi connectivity index (χ2v) is 6.23. The van der Waals surface area contributed by atoms with Gasteiger partial charge in [0.2, 0.25) is 0 Å². The van der Waals surface area contributed by atoms with Crippen LogP contribution in [0.2, 0.25) is 0 Å². The van der Waals surface area contributed by atoms with E-state index in [0.717, 1.165) is 22.4 Å². The fourth-order valence-corrected chi connectivity index (χ4v) is 2.72. The number of methoxy groups -OCH3 is 1. The summed E-state index contributed by atoms with van der Waals surface area (Å²) in [4.78, 5) is 12.5. The lowest BCUT2D eigenvalue weighted by Crippen LogP contribution is -2.16. The van der Waals surface area contributed by atoms with Crippen molar-refractivity contribution in [3.05, 3.63) is 51.2 Å². The molecule has 0 bridgehead atoms. The van der Waals surface area contributed by atoms with Crippen molar-refractivity contribution in [1.29, 1.82) is 0 Å². The molecule has 0 aliphatic heterocycles. The highest BCUT2D eigenvalue weighted by atomic mass is 32.1. The SMILES string of the molecule is COc1cc(C)c(/C=N\NC(=O)c2cccs2)cc1C(C)C. The van der Waals surface area contributed by atoms with Gasteiger partial charge in [0.15, 0.2) is 0 Å². The number of amides is 1. The van der Waals surface area contributed by atoms with Gasteiger partial charge < -0.3 is 4.74 Å². The molecule has 0 aliphatic carbocycles. The zero-order chi connectivity index (χ0) is 16.1. The topological polar surface area (TPSA) is 50.7 Å². The number of hydrogen-bond acceptors (Lipinski definition) is 4. The second kappa shape index (κ2) is 7.22. The number of rotatable bonds is 5. The number of nitrogens with one attached hydrogen (secondary N) is 1. The average molecular weight is 316 g/mol. The van der Waals surface area contributed by atoms with Crippen molar-refractivity contribution in [3.63, 3.8) is 0 Å². The molecule has 2 aromatic rings. The molecule has 116 valence electrons. The number of hydrazone groups is 1. The van der Waals surface area contributed by atoms with Crippen LogP contribution >= 0.6 is 11.3 Å². The smallest absolute Gasteiger partial charge is 0.281 e. The van der Waals surface area contributed by atoms with E-state index in [1.807, 2.05) is 24.4 Å². The van der Waals surface area contributed by atoms with E-state index in [1.165, 1.54) is 11.3 Å². The molecule has 1 N–H and O–H groups in total. The number of hydrogen-bond donors (Lipinski definition) is 1. The predicted molar refractivity (Wildman–Crippen MR) is 91.2 cm³/mol. The van der Waals surface area contributed by atoms with Crippen molar-refractivity contribution in [2.75, 3.05) is 7.11 Å². The quantitative estimate of drug-likeness (QED) is 0.670. The van der Waals surface area contributed by atoms with E-state index >= 15 is 0 Å². The number of carbonyl (C=O) groups excluding carboxylic acids is 1. The van der Waals surface area contributed by atoms with Crippen LogP contribution in [0.15, 0.2) is 34.7 Å². The summed E-state index contributed by atoms with van der Waals surface area (Å²) in [6.45, 7) is 6.23. The van der Waals surface area contributed by atoms with Crippen LogP contribution < -0.4 is 10.2 Å². The summed E-state index contributed by atoms with van der Waals surface area (Å²) < 4.78 is 5.42. The van der Waals surface area contributed by atoms with Crippen molar-refractivity contribution < 1.29 is 9.53 Å². The molecule has 1 aromatic carbocycles. The normalized spacial score (nSPS) is 11.1. The van der Waals surface area contributed by atoms with Crippen molar-refractivity contribution in [2.24, 2.45) is 5.10 Å². The van der Waals surface area contributed by atoms with Gasteiger partial charge in [-0.1, -0.05) is 19.9 Å². The Morgan fingerprint density at radius 2 is 2.18 bits per heavy atom. The predicted octanol–water partition coefficient (Wildman–Crippen LogP) is 3.95. The van der Waals surface area contributed by atoms with Crippen LogP contribution in [0.4, 0.5) is 0 Å². The maximum absolute atomic E-state index is 11.8. The van der Waals surface area contributed by atoms with E-state index in [9.17, 15) is 4.79 Å². The molecule has 0 unspecified atom stereocenters. The summed E-state index contributed by atoms with van der Waals surface area (Å²) in [5, 5.41) is 5.92. The molecule has 0 spiro atoms. The van der Waals surface area contributed by atoms with E-state index in [2.05, 4.69) is 30.4 Å². The Bertz CT molecular complexity index is 676. The van der Waals surface area contributed by atoms with Crippen molar-refractivity contribution >= 4 is 23.5 Å². The van der Waals surface area contributed by atoms with Crippen LogP contribution in [-0.2, 0) is 0 Å². The number of nitrogens with zero attached hydrogens (tertiary/aromatic N) is 1. The maximum Gasteiger partial charge on any atom is 0.281 e. The van der Waals surface area contributed by atoms with Gasteiger partial charge in [-0.3, -0.25) is 4.79 Å². The Hall–Kier alpha value is -2.14. The summed E-state index contributed by atoms with van der Waals surface area (Å²) in [5.74, 6) is 1.04. The first-order valence-corrected chi connectivity index (χ1v) is 7.96. The maximum atomic E-state index is 11.8. The highest BCUT2D eigenvalue weighted by molar-refractivity contribution is 7.12. The lowest BCUT2D eigenvalue weighted by molar-refractivity contribution is 0.0959. The number of thiophene rings is 1. The van der Waals surface area contributed by atoms with E-state index in [-0.39, 0.29) is 5.91 Å². The van der Waals surface area contributed by atoms with Crippen LogP contribution in [0.25, 0.3) is 0 Å². The van der Waals surface area contributed by atoms with Crippen LogP contribution in [0.1, 0.15) is 46.1 Å². The Morgan fingerprint density at radius 3 is 2.77 bits per heavy atom. The number of aryl methyl sites for hydroxylation is 1. The standard InChI is InChI=1S/C17H20N2O2S/c1-11(2)14-9-13(12(3)8-15(14)21-4)10-18-19-17(20)16-6-5-7-22-16/h5-11H,1-4H3,(H,19,20)/b18-10-. The van der Waals surface area contributed by atoms with Crippen molar-refractivity contribution in [3.8, 4) is 5.75 Å². The van der Waals surface area contributed by atoms with Gasteiger partial charge in [-0.05, 0) is 53.1 Å². The molecular formula is C17H20N2O2S. The molecule has 4 nitrogen and oxygen atoms in total. The molecule has 5 heteroatoms. The number of carbonyl (C=O) groups is 1. The van der Waals surface area contributed by atoms with Gasteiger partial charge in [0, 0.05) is 0 Å². The molecule has 0 fully saturated rings. The van der Waals surface area contributed by atoms with Gasteiger partial charge in [0.25, 0.3) is 5.91 Å². The van der Waals surface area contributed by atoms with Crippen LogP contribution in [0.3, 0.4) is 0 Å². The van der Waals surface area contributed by atoms with Gasteiger partial charge in [-0.15, -0.1) is 11.3 Å². The Kier molecular flexibility index (Phi) is 5.33. The third-order valence-electron chi connectivity index (χ3n) is 3.36. The monoisotopic (exact) mass is 316 g/mol. The zero-order valence-corrected chi connectivity index (χ0v) is 14.0. The molecule has 0 saturated heterocycles. The fourth-order valence-electron chi connectivity index (χ4n) is 2.11. The minimum absolute atomic E-state index is 0.193. The van der Waals surface area contributed by atoms with Gasteiger partial charge in [-0.2, -0.15) is 5.10 Å². The molecule has 1 heterocycles. The largest absolute Gasteiger partial charge is 0.496 e. The highest BCUT2D eigenvalue weighted by Crippen LogP contribution is 2.28. The molecule has 1 amide bonds. The highest BCUT2D eigenvalue weighted by Gasteiger charge is 2.10. The third kappa shape index (κ3) is 3.74. The first-order valence-electron chi connectivity index (χ1n) is 7.08. The molecule has 22 heavy (non-hydrogen) atoms. The average Bonchev–Trinajstić information content (AvgIpc) is 3.02. The van der Waals surface area contributed by atoms with E-state index in [4.69, 9.17) is 4.74 Å². The van der Waals surface area contributed by atoms with Crippen molar-refractivity contribution in [2.45, 2.75) is 26.7 Å². The molecule has 0 atom stereocenters. The van der Waals surface area contributed by atoms with Crippen LogP contribution in [0, 0.1) is 6.92 Å². The third-order valence-corrected chi connectivity index (χ3v) is 4.22. The fraction of sp³-hybridized carbons (Fsp3) is 0.294. The van der Waals surface area contributed by atoms with Gasteiger partial charge in [0.05, 0.1) is 18.2 Å². The van der Waals surface area contributed by atoms with E-state index in [1.54, 1.807) is 19.4 Å². The molecule has 0 radical (unpaired) electrons. The summed E-state index contributed by atoms with van der Waals surface area (Å²) in [7, 11) is 1.68. The summed E-state index contributed by atoms with van der Waals surface area (Å²) in [6, 6.07) is 7.66. The summed E-state index contributed by atoms with van der Waals surface area (Å²) in [6.07, 6.45) is 1.67. The molecule has 0 aliphatic rings. The molecular weight excluding hydrogens is 296 g/mol. The van der Waals surface area contributed by atoms with Gasteiger partial charge in [-0.25, -0.2) is 5.43 Å².